The van der Waals surface area contributed by atoms with Gasteiger partial charge in [0.25, 0.3) is 0 Å². The van der Waals surface area contributed by atoms with Crippen LogP contribution in [0.2, 0.25) is 5.15 Å². The zero-order valence-electron chi connectivity index (χ0n) is 11.6. The van der Waals surface area contributed by atoms with Gasteiger partial charge in [0.2, 0.25) is 0 Å². The van der Waals surface area contributed by atoms with Gasteiger partial charge in [0, 0.05) is 37.5 Å². The van der Waals surface area contributed by atoms with Crippen LogP contribution in [0.25, 0.3) is 5.52 Å². The highest BCUT2D eigenvalue weighted by Crippen LogP contribution is 2.42. The molecule has 21 heavy (non-hydrogen) atoms. The highest BCUT2D eigenvalue weighted by atomic mass is 79.9. The summed E-state index contributed by atoms with van der Waals surface area (Å²) in [6, 6.07) is 0.493. The second-order valence-electron chi connectivity index (χ2n) is 5.72. The highest BCUT2D eigenvalue weighted by Gasteiger charge is 2.40. The van der Waals surface area contributed by atoms with Crippen LogP contribution in [0, 0.1) is 5.92 Å². The Morgan fingerprint density at radius 3 is 3.10 bits per heavy atom. The standard InChI is InChI=1S/C14H15BrClN5/c1-20-10-4-2-3-8(9(10)7-18-20)14-19-12(15)11-13(16)17-5-6-21(11)14/h5-10H,2-4H2,1H3. The number of hydrogen-bond acceptors (Lipinski definition) is 4. The minimum atomic E-state index is 0.370. The van der Waals surface area contributed by atoms with Gasteiger partial charge in [-0.05, 0) is 28.8 Å². The van der Waals surface area contributed by atoms with Gasteiger partial charge in [0.05, 0.1) is 6.04 Å². The average Bonchev–Trinajstić information content (AvgIpc) is 3.02. The van der Waals surface area contributed by atoms with Crippen molar-refractivity contribution in [3.63, 3.8) is 0 Å². The van der Waals surface area contributed by atoms with Crippen LogP contribution in [0.3, 0.4) is 0 Å². The minimum Gasteiger partial charge on any atom is -0.298 e. The molecule has 0 amide bonds. The molecule has 1 aliphatic carbocycles. The van der Waals surface area contributed by atoms with Gasteiger partial charge < -0.3 is 0 Å². The summed E-state index contributed by atoms with van der Waals surface area (Å²) in [5, 5.41) is 7.05. The average molecular weight is 369 g/mol. The SMILES string of the molecule is CN1N=CC2C(c3nc(Br)c4c(Cl)nccn34)CCCC21. The van der Waals surface area contributed by atoms with Crippen LogP contribution in [0.15, 0.2) is 22.1 Å². The zero-order valence-corrected chi connectivity index (χ0v) is 13.9. The maximum absolute atomic E-state index is 6.21. The van der Waals surface area contributed by atoms with Gasteiger partial charge in [-0.2, -0.15) is 5.10 Å². The van der Waals surface area contributed by atoms with E-state index >= 15 is 0 Å². The van der Waals surface area contributed by atoms with Crippen LogP contribution in [-0.2, 0) is 0 Å². The number of fused-ring (bicyclic) bond motifs is 2. The molecular formula is C14H15BrClN5. The van der Waals surface area contributed by atoms with E-state index in [0.717, 1.165) is 22.4 Å². The number of hydrogen-bond donors (Lipinski definition) is 0. The fourth-order valence-corrected chi connectivity index (χ4v) is 4.56. The molecular weight excluding hydrogens is 354 g/mol. The summed E-state index contributed by atoms with van der Waals surface area (Å²) in [5.41, 5.74) is 0.847. The van der Waals surface area contributed by atoms with E-state index in [4.69, 9.17) is 16.6 Å². The largest absolute Gasteiger partial charge is 0.298 e. The van der Waals surface area contributed by atoms with Crippen LogP contribution in [-0.4, -0.2) is 38.7 Å². The van der Waals surface area contributed by atoms with Crippen LogP contribution < -0.4 is 0 Å². The molecule has 3 heterocycles. The van der Waals surface area contributed by atoms with E-state index in [-0.39, 0.29) is 0 Å². The molecule has 0 N–H and O–H groups in total. The van der Waals surface area contributed by atoms with Crippen LogP contribution in [0.4, 0.5) is 0 Å². The van der Waals surface area contributed by atoms with Gasteiger partial charge in [-0.15, -0.1) is 0 Å². The van der Waals surface area contributed by atoms with E-state index in [2.05, 4.69) is 48.7 Å². The van der Waals surface area contributed by atoms with Crippen molar-refractivity contribution < 1.29 is 0 Å². The summed E-state index contributed by atoms with van der Waals surface area (Å²) >= 11 is 9.73. The Labute approximate surface area is 136 Å². The fourth-order valence-electron chi connectivity index (χ4n) is 3.65. The summed E-state index contributed by atoms with van der Waals surface area (Å²) in [5.74, 6) is 1.85. The van der Waals surface area contributed by atoms with Crippen molar-refractivity contribution in [3.8, 4) is 0 Å². The topological polar surface area (TPSA) is 45.8 Å². The van der Waals surface area contributed by atoms with Crippen molar-refractivity contribution in [1.82, 2.24) is 19.4 Å². The maximum Gasteiger partial charge on any atom is 0.155 e. The summed E-state index contributed by atoms with van der Waals surface area (Å²) in [4.78, 5) is 8.88. The molecule has 3 atom stereocenters. The molecule has 0 radical (unpaired) electrons. The van der Waals surface area contributed by atoms with Crippen molar-refractivity contribution in [2.75, 3.05) is 7.05 Å². The second-order valence-corrected chi connectivity index (χ2v) is 6.83. The minimum absolute atomic E-state index is 0.370. The Morgan fingerprint density at radius 1 is 1.38 bits per heavy atom. The lowest BCUT2D eigenvalue weighted by Gasteiger charge is -2.34. The number of aromatic nitrogens is 3. The molecule has 2 aliphatic rings. The lowest BCUT2D eigenvalue weighted by molar-refractivity contribution is 0.179. The van der Waals surface area contributed by atoms with E-state index in [0.29, 0.717) is 23.0 Å². The molecule has 0 aromatic carbocycles. The van der Waals surface area contributed by atoms with E-state index in [1.54, 1.807) is 6.20 Å². The zero-order chi connectivity index (χ0) is 14.6. The fraction of sp³-hybridized carbons (Fsp3) is 0.500. The highest BCUT2D eigenvalue weighted by molar-refractivity contribution is 9.10. The van der Waals surface area contributed by atoms with Gasteiger partial charge >= 0.3 is 0 Å². The third-order valence-electron chi connectivity index (χ3n) is 4.65. The number of halogens is 2. The maximum atomic E-state index is 6.21. The van der Waals surface area contributed by atoms with Gasteiger partial charge in [-0.3, -0.25) is 9.41 Å². The van der Waals surface area contributed by atoms with Gasteiger partial charge in [-0.25, -0.2) is 9.97 Å². The summed E-state index contributed by atoms with van der Waals surface area (Å²) < 4.78 is 2.83. The van der Waals surface area contributed by atoms with E-state index in [9.17, 15) is 0 Å². The first-order chi connectivity index (χ1) is 10.2. The molecule has 4 rings (SSSR count). The number of imidazole rings is 1. The van der Waals surface area contributed by atoms with E-state index in [1.807, 2.05) is 6.20 Å². The molecule has 1 saturated carbocycles. The van der Waals surface area contributed by atoms with Crippen LogP contribution in [0.1, 0.15) is 31.0 Å². The molecule has 1 fully saturated rings. The Hall–Kier alpha value is -1.14. The van der Waals surface area contributed by atoms with Crippen molar-refractivity contribution in [3.05, 3.63) is 28.0 Å². The predicted octanol–water partition coefficient (Wildman–Crippen LogP) is 3.33. The molecule has 1 aliphatic heterocycles. The Bertz CT molecular complexity index is 727. The third-order valence-corrected chi connectivity index (χ3v) is 5.48. The molecule has 2 aromatic rings. The van der Waals surface area contributed by atoms with Crippen molar-refractivity contribution >= 4 is 39.3 Å². The Morgan fingerprint density at radius 2 is 2.24 bits per heavy atom. The normalized spacial score (nSPS) is 28.3. The van der Waals surface area contributed by atoms with Gasteiger partial charge in [0.1, 0.15) is 15.9 Å². The first-order valence-electron chi connectivity index (χ1n) is 7.11. The summed E-state index contributed by atoms with van der Waals surface area (Å²) in [7, 11) is 2.06. The lowest BCUT2D eigenvalue weighted by atomic mass is 9.76. The monoisotopic (exact) mass is 367 g/mol. The van der Waals surface area contributed by atoms with E-state index < -0.39 is 0 Å². The van der Waals surface area contributed by atoms with Gasteiger partial charge in [-0.1, -0.05) is 18.0 Å². The number of rotatable bonds is 1. The second kappa shape index (κ2) is 4.95. The molecule has 2 aromatic heterocycles. The smallest absolute Gasteiger partial charge is 0.155 e. The van der Waals surface area contributed by atoms with Crippen molar-refractivity contribution in [1.29, 1.82) is 0 Å². The molecule has 0 bridgehead atoms. The third kappa shape index (κ3) is 1.99. The molecule has 110 valence electrons. The predicted molar refractivity (Wildman–Crippen MR) is 85.8 cm³/mol. The first kappa shape index (κ1) is 13.5. The molecule has 0 saturated heterocycles. The summed E-state index contributed by atoms with van der Waals surface area (Å²) in [6.45, 7) is 0. The van der Waals surface area contributed by atoms with Crippen molar-refractivity contribution in [2.24, 2.45) is 11.0 Å². The number of hydrazone groups is 1. The molecule has 5 nitrogen and oxygen atoms in total. The van der Waals surface area contributed by atoms with Crippen LogP contribution >= 0.6 is 27.5 Å². The molecule has 0 spiro atoms. The lowest BCUT2D eigenvalue weighted by Crippen LogP contribution is -2.36. The molecule has 3 unspecified atom stereocenters. The quantitative estimate of drug-likeness (QED) is 0.775. The van der Waals surface area contributed by atoms with Crippen molar-refractivity contribution in [2.45, 2.75) is 31.2 Å². The van der Waals surface area contributed by atoms with E-state index in [1.165, 1.54) is 12.8 Å². The molecule has 7 heteroatoms. The van der Waals surface area contributed by atoms with Crippen LogP contribution in [0.5, 0.6) is 0 Å². The first-order valence-corrected chi connectivity index (χ1v) is 8.29. The Balaban J connectivity index is 1.83. The Kier molecular flexibility index (Phi) is 3.19. The van der Waals surface area contributed by atoms with Gasteiger partial charge in [0.15, 0.2) is 5.15 Å². The summed E-state index contributed by atoms with van der Waals surface area (Å²) in [6.07, 6.45) is 9.28. The number of nitrogens with zero attached hydrogens (tertiary/aromatic N) is 5.